The fourth-order valence-electron chi connectivity index (χ4n) is 13.3. The first-order valence-corrected chi connectivity index (χ1v) is 32.0. The maximum Gasteiger partial charge on any atom is 0.264 e. The molecule has 2 unspecified atom stereocenters. The largest absolute Gasteiger partial charge is 0.494 e. The molecule has 5 aromatic carbocycles. The zero-order valence-electron chi connectivity index (χ0n) is 47.2. The van der Waals surface area contributed by atoms with Crippen molar-refractivity contribution in [3.05, 3.63) is 137 Å². The average molecular weight is 1120 g/mol. The molecule has 7 atom stereocenters. The Balaban J connectivity index is 1.06. The first-order valence-electron chi connectivity index (χ1n) is 28.9. The van der Waals surface area contributed by atoms with Crippen LogP contribution in [0.15, 0.2) is 103 Å². The summed E-state index contributed by atoms with van der Waals surface area (Å²) in [5, 5.41) is 36.6. The Bertz CT molecular complexity index is 3130. The molecule has 4 amide bonds. The van der Waals surface area contributed by atoms with Crippen LogP contribution in [0.2, 0.25) is 18.6 Å². The molecule has 81 heavy (non-hydrogen) atoms. The van der Waals surface area contributed by atoms with E-state index < -0.39 is 49.6 Å². The Morgan fingerprint density at radius 1 is 0.691 bits per heavy atom. The van der Waals surface area contributed by atoms with E-state index in [4.69, 9.17) is 14.2 Å². The third-order valence-electron chi connectivity index (χ3n) is 17.0. The third kappa shape index (κ3) is 11.3. The SMILES string of the molecule is CCOc1ccc2c(c1)CC(NCCCCO)C(=O)N2c1cccc(CN2C(=O)[C@]3(O[C@H](CC(=O)N4Cc5ccccc5C[C@H]4CO)[C@@H]([Si](C)(C)O)[C@@H]3C)c3cc(N4C(=O)C(NCCCCO)Cc5cc(OCC)ccc54)ccc32)c1. The van der Waals surface area contributed by atoms with Crippen LogP contribution in [0.5, 0.6) is 11.5 Å². The van der Waals surface area contributed by atoms with Gasteiger partial charge in [-0.2, -0.15) is 0 Å². The molecule has 5 aliphatic heterocycles. The number of anilines is 5. The van der Waals surface area contributed by atoms with Crippen LogP contribution in [0.25, 0.3) is 0 Å². The van der Waals surface area contributed by atoms with Gasteiger partial charge in [0.25, 0.3) is 5.91 Å². The first-order chi connectivity index (χ1) is 39.1. The monoisotopic (exact) mass is 1120 g/mol. The van der Waals surface area contributed by atoms with Crippen LogP contribution in [0, 0.1) is 5.92 Å². The number of amides is 4. The number of nitrogens with zero attached hydrogens (tertiary/aromatic N) is 4. The number of nitrogens with one attached hydrogen (secondary N) is 2. The maximum absolute atomic E-state index is 16.2. The van der Waals surface area contributed by atoms with Gasteiger partial charge >= 0.3 is 0 Å². The summed E-state index contributed by atoms with van der Waals surface area (Å²) in [4.78, 5) is 79.9. The molecule has 0 radical (unpaired) electrons. The molecular formula is C63H78N6O11Si. The minimum atomic E-state index is -3.30. The van der Waals surface area contributed by atoms with Crippen LogP contribution in [0.4, 0.5) is 28.4 Å². The molecule has 10 rings (SSSR count). The fraction of sp³-hybridized carbons (Fsp3) is 0.460. The highest BCUT2D eigenvalue weighted by molar-refractivity contribution is 6.71. The lowest BCUT2D eigenvalue weighted by Crippen LogP contribution is -2.49. The fourth-order valence-corrected chi connectivity index (χ4v) is 15.9. The van der Waals surface area contributed by atoms with Crippen LogP contribution in [-0.2, 0) is 61.9 Å². The summed E-state index contributed by atoms with van der Waals surface area (Å²) in [6.07, 6.45) is 2.86. The Morgan fingerprint density at radius 2 is 1.27 bits per heavy atom. The summed E-state index contributed by atoms with van der Waals surface area (Å²) in [6, 6.07) is 30.9. The van der Waals surface area contributed by atoms with Gasteiger partial charge in [0.15, 0.2) is 13.9 Å². The van der Waals surface area contributed by atoms with Gasteiger partial charge in [0.2, 0.25) is 17.7 Å². The molecule has 5 aliphatic rings. The number of carbonyl (C=O) groups is 4. The van der Waals surface area contributed by atoms with E-state index in [-0.39, 0.29) is 56.4 Å². The number of rotatable bonds is 22. The van der Waals surface area contributed by atoms with Gasteiger partial charge in [-0.05, 0) is 180 Å². The smallest absolute Gasteiger partial charge is 0.264 e. The van der Waals surface area contributed by atoms with Gasteiger partial charge < -0.3 is 54.8 Å². The van der Waals surface area contributed by atoms with Crippen LogP contribution in [-0.4, -0.2) is 127 Å². The number of hydrogen-bond donors (Lipinski definition) is 6. The summed E-state index contributed by atoms with van der Waals surface area (Å²) < 4.78 is 19.2. The van der Waals surface area contributed by atoms with Gasteiger partial charge in [-0.3, -0.25) is 29.0 Å². The number of unbranched alkanes of at least 4 members (excludes halogenated alkanes) is 2. The van der Waals surface area contributed by atoms with E-state index in [0.717, 1.165) is 33.5 Å². The minimum absolute atomic E-state index is 0.0431. The van der Waals surface area contributed by atoms with Gasteiger partial charge in [0, 0.05) is 48.2 Å². The molecule has 5 aromatic rings. The summed E-state index contributed by atoms with van der Waals surface area (Å²) >= 11 is 0. The maximum atomic E-state index is 16.2. The van der Waals surface area contributed by atoms with Gasteiger partial charge in [-0.15, -0.1) is 0 Å². The lowest BCUT2D eigenvalue weighted by Gasteiger charge is -2.37. The first kappa shape index (κ1) is 57.7. The van der Waals surface area contributed by atoms with E-state index in [9.17, 15) is 34.5 Å². The Labute approximate surface area is 475 Å². The summed E-state index contributed by atoms with van der Waals surface area (Å²) in [6.45, 7) is 11.7. The van der Waals surface area contributed by atoms with Gasteiger partial charge in [-0.25, -0.2) is 0 Å². The Kier molecular flexibility index (Phi) is 17.5. The van der Waals surface area contributed by atoms with Crippen LogP contribution >= 0.6 is 0 Å². The topological polar surface area (TPSA) is 214 Å². The number of aliphatic hydroxyl groups excluding tert-OH is 3. The molecule has 1 saturated heterocycles. The number of hydrogen-bond acceptors (Lipinski definition) is 13. The van der Waals surface area contributed by atoms with Crippen molar-refractivity contribution in [1.29, 1.82) is 0 Å². The number of carbonyl (C=O) groups excluding carboxylic acids is 4. The molecule has 18 heteroatoms. The van der Waals surface area contributed by atoms with Crippen molar-refractivity contribution < 1.29 is 53.5 Å². The molecule has 5 heterocycles. The summed E-state index contributed by atoms with van der Waals surface area (Å²) in [5.74, 6) is -0.251. The molecule has 430 valence electrons. The molecule has 0 aliphatic carbocycles. The molecule has 0 aromatic heterocycles. The molecule has 1 fully saturated rings. The van der Waals surface area contributed by atoms with Crippen molar-refractivity contribution in [2.75, 3.05) is 60.8 Å². The van der Waals surface area contributed by atoms with Gasteiger partial charge in [-0.1, -0.05) is 43.3 Å². The van der Waals surface area contributed by atoms with Crippen molar-refractivity contribution in [3.63, 3.8) is 0 Å². The van der Waals surface area contributed by atoms with E-state index in [1.807, 2.05) is 137 Å². The second-order valence-corrected chi connectivity index (χ2v) is 26.7. The quantitative estimate of drug-likeness (QED) is 0.0303. The van der Waals surface area contributed by atoms with Crippen molar-refractivity contribution in [3.8, 4) is 11.5 Å². The van der Waals surface area contributed by atoms with Crippen molar-refractivity contribution in [1.82, 2.24) is 15.5 Å². The third-order valence-corrected chi connectivity index (χ3v) is 19.5. The second kappa shape index (κ2) is 24.5. The molecule has 6 N–H and O–H groups in total. The Morgan fingerprint density at radius 3 is 1.84 bits per heavy atom. The predicted molar refractivity (Wildman–Crippen MR) is 313 cm³/mol. The molecule has 0 bridgehead atoms. The standard InChI is InChI=1S/C63H78N6O11Si/c1-6-78-49-20-23-54-44(31-49)33-52(64-25-10-12-27-70)60(74)68(54)46-18-14-15-41(29-46)37-67-56-22-19-47(69-55-24-21-50(79-7-2)32-45(55)34-53(61(69)75)65-26-11-13-28-71)35-51(56)63(62(67)76)40(3)59(81(4,5)77)57(80-63)36-58(73)66-38-43-17-9-8-16-42(43)30-48(66)39-72/h8-9,14-24,29,31-32,35,40,48,52-53,57,59,64-65,70-72,77H,6-7,10-13,25-28,30,33-34,36-39H2,1-5H3/t40-,48-,52?,53?,57+,59-,63+/m0/s1. The van der Waals surface area contributed by atoms with Gasteiger partial charge in [0.05, 0.1) is 74.1 Å². The highest BCUT2D eigenvalue weighted by atomic mass is 28.4. The molecular weight excluding hydrogens is 1040 g/mol. The number of benzene rings is 5. The Hall–Kier alpha value is -6.48. The molecule has 17 nitrogen and oxygen atoms in total. The van der Waals surface area contributed by atoms with Crippen LogP contribution in [0.1, 0.15) is 86.3 Å². The lowest BCUT2D eigenvalue weighted by atomic mass is 9.82. The van der Waals surface area contributed by atoms with E-state index in [1.165, 1.54) is 0 Å². The molecule has 1 spiro atoms. The van der Waals surface area contributed by atoms with E-state index in [1.54, 1.807) is 19.6 Å². The lowest BCUT2D eigenvalue weighted by molar-refractivity contribution is -0.151. The molecule has 0 saturated carbocycles. The van der Waals surface area contributed by atoms with E-state index >= 15 is 4.79 Å². The predicted octanol–water partition coefficient (Wildman–Crippen LogP) is 7.07. The van der Waals surface area contributed by atoms with Crippen LogP contribution < -0.4 is 34.8 Å². The van der Waals surface area contributed by atoms with E-state index in [2.05, 4.69) is 10.6 Å². The average Bonchev–Trinajstić information content (AvgIpc) is 3.97. The minimum Gasteiger partial charge on any atom is -0.494 e. The van der Waals surface area contributed by atoms with Crippen molar-refractivity contribution in [2.45, 2.75) is 134 Å². The summed E-state index contributed by atoms with van der Waals surface area (Å²) in [5.41, 5.74) is 5.82. The number of fused-ring (bicyclic) bond motifs is 5. The zero-order valence-corrected chi connectivity index (χ0v) is 48.2. The van der Waals surface area contributed by atoms with Crippen molar-refractivity contribution >= 4 is 60.4 Å². The summed E-state index contributed by atoms with van der Waals surface area (Å²) in [7, 11) is -3.30. The highest BCUT2D eigenvalue weighted by Gasteiger charge is 2.67. The highest BCUT2D eigenvalue weighted by Crippen LogP contribution is 2.61. The normalized spacial score (nSPS) is 23.2. The number of ether oxygens (including phenoxy) is 3. The van der Waals surface area contributed by atoms with E-state index in [0.29, 0.717) is 118 Å². The van der Waals surface area contributed by atoms with Crippen LogP contribution in [0.3, 0.4) is 0 Å². The van der Waals surface area contributed by atoms with Gasteiger partial charge in [0.1, 0.15) is 11.5 Å². The van der Waals surface area contributed by atoms with Crippen molar-refractivity contribution in [2.24, 2.45) is 5.92 Å². The zero-order chi connectivity index (χ0) is 57.2. The second-order valence-electron chi connectivity index (χ2n) is 22.7. The number of aliphatic hydroxyl groups is 3.